The third-order valence-electron chi connectivity index (χ3n) is 1.54. The van der Waals surface area contributed by atoms with Gasteiger partial charge in [0.1, 0.15) is 0 Å². The second-order valence-electron chi connectivity index (χ2n) is 3.30. The number of hydrogen-bond acceptors (Lipinski definition) is 3. The van der Waals surface area contributed by atoms with Crippen molar-refractivity contribution in [3.8, 4) is 0 Å². The van der Waals surface area contributed by atoms with E-state index in [1.54, 1.807) is 0 Å². The van der Waals surface area contributed by atoms with Crippen molar-refractivity contribution in [1.29, 1.82) is 0 Å². The molecule has 0 spiro atoms. The van der Waals surface area contributed by atoms with E-state index in [0.717, 1.165) is 38.5 Å². The minimum atomic E-state index is -0.889. The molecule has 0 amide bonds. The number of halogens is 2. The third-order valence-corrected chi connectivity index (χ3v) is 1.54. The zero-order chi connectivity index (χ0) is 15.1. The van der Waals surface area contributed by atoms with Gasteiger partial charge in [0.2, 0.25) is 0 Å². The Labute approximate surface area is 130 Å². The molecule has 6 heteroatoms. The van der Waals surface area contributed by atoms with Gasteiger partial charge in [-0.2, -0.15) is 0 Å². The van der Waals surface area contributed by atoms with Gasteiger partial charge in [-0.1, -0.05) is 40.0 Å². The van der Waals surface area contributed by atoms with Crippen LogP contribution in [-0.4, -0.2) is 35.1 Å². The van der Waals surface area contributed by atoms with Crippen molar-refractivity contribution in [3.05, 3.63) is 0 Å². The van der Waals surface area contributed by atoms with Gasteiger partial charge < -0.3 is 15.3 Å². The molecule has 0 heterocycles. The fourth-order valence-corrected chi connectivity index (χ4v) is 0.474. The summed E-state index contributed by atoms with van der Waals surface area (Å²) < 4.78 is 0. The molecule has 0 aromatic heterocycles. The van der Waals surface area contributed by atoms with Gasteiger partial charge in [-0.3, -0.25) is 0 Å². The average Bonchev–Trinajstić information content (AvgIpc) is 2.35. The number of aliphatic hydroxyl groups is 3. The van der Waals surface area contributed by atoms with Gasteiger partial charge in [0, 0.05) is 19.8 Å². The van der Waals surface area contributed by atoms with Crippen LogP contribution >= 0.6 is 18.4 Å². The summed E-state index contributed by atoms with van der Waals surface area (Å²) in [5.41, 5.74) is 0. The van der Waals surface area contributed by atoms with Gasteiger partial charge in [0.25, 0.3) is 0 Å². The molecule has 18 heavy (non-hydrogen) atoms. The van der Waals surface area contributed by atoms with E-state index in [0.29, 0.717) is 19.8 Å². The third kappa shape index (κ3) is 87.1. The molecule has 0 aliphatic carbocycles. The first kappa shape index (κ1) is 27.5. The van der Waals surface area contributed by atoms with Gasteiger partial charge in [-0.25, -0.2) is 0 Å². The average molecular weight is 474 g/mol. The van der Waals surface area contributed by atoms with Crippen molar-refractivity contribution in [1.82, 2.24) is 0 Å². The van der Waals surface area contributed by atoms with Gasteiger partial charge >= 0.3 is 36.0 Å². The molecule has 0 aromatic rings. The van der Waals surface area contributed by atoms with E-state index < -0.39 is 17.6 Å². The van der Waals surface area contributed by atoms with Crippen LogP contribution in [0.25, 0.3) is 0 Å². The second kappa shape index (κ2) is 42.9. The van der Waals surface area contributed by atoms with Crippen LogP contribution in [0.4, 0.5) is 0 Å². The normalized spacial score (nSPS) is 7.78. The van der Waals surface area contributed by atoms with E-state index in [-0.39, 0.29) is 0 Å². The first-order valence-corrected chi connectivity index (χ1v) is 14.4. The molecule has 0 unspecified atom stereocenters. The summed E-state index contributed by atoms with van der Waals surface area (Å²) in [6, 6.07) is 0. The van der Waals surface area contributed by atoms with Gasteiger partial charge in [-0.15, -0.1) is 0 Å². The summed E-state index contributed by atoms with van der Waals surface area (Å²) in [5.74, 6) is 0. The zero-order valence-corrected chi connectivity index (χ0v) is 16.6. The van der Waals surface area contributed by atoms with Crippen LogP contribution in [0, 0.1) is 0 Å². The quantitative estimate of drug-likeness (QED) is 0.551. The maximum atomic E-state index is 8.07. The molecule has 0 atom stereocenters. The van der Waals surface area contributed by atoms with E-state index in [4.69, 9.17) is 33.7 Å². The van der Waals surface area contributed by atoms with Crippen LogP contribution in [-0.2, 0) is 17.6 Å². The number of hydrogen-bond donors (Lipinski definition) is 3. The molecular formula is C12H30Cl2O3Ta. The fraction of sp³-hybridized carbons (Fsp3) is 1.00. The first-order valence-electron chi connectivity index (χ1n) is 6.41. The summed E-state index contributed by atoms with van der Waals surface area (Å²) in [6.07, 6.45) is 6.11. The molecule has 0 aliphatic rings. The first-order chi connectivity index (χ1) is 8.66. The van der Waals surface area contributed by atoms with Crippen molar-refractivity contribution < 1.29 is 32.9 Å². The molecule has 0 bridgehead atoms. The summed E-state index contributed by atoms with van der Waals surface area (Å²) >= 11 is -0.889. The van der Waals surface area contributed by atoms with Crippen LogP contribution < -0.4 is 0 Å². The Morgan fingerprint density at radius 2 is 0.833 bits per heavy atom. The molecule has 0 saturated heterocycles. The summed E-state index contributed by atoms with van der Waals surface area (Å²) in [5, 5.41) is 24.2. The Bertz CT molecular complexity index is 71.5. The number of unbranched alkanes of at least 4 members (excludes halogenated alkanes) is 3. The van der Waals surface area contributed by atoms with Gasteiger partial charge in [0.05, 0.1) is 0 Å². The molecule has 0 saturated carbocycles. The predicted molar refractivity (Wildman–Crippen MR) is 77.7 cm³/mol. The predicted octanol–water partition coefficient (Wildman–Crippen LogP) is 3.71. The molecule has 115 valence electrons. The van der Waals surface area contributed by atoms with Crippen LogP contribution in [0.2, 0.25) is 0 Å². The minimum absolute atomic E-state index is 0.344. The summed E-state index contributed by atoms with van der Waals surface area (Å²) in [7, 11) is 9.89. The van der Waals surface area contributed by atoms with E-state index in [1.807, 2.05) is 0 Å². The Balaban J connectivity index is -0.0000000739. The van der Waals surface area contributed by atoms with Crippen LogP contribution in [0.3, 0.4) is 0 Å². The monoisotopic (exact) mass is 473 g/mol. The van der Waals surface area contributed by atoms with Crippen LogP contribution in [0.15, 0.2) is 0 Å². The molecule has 3 N–H and O–H groups in total. The van der Waals surface area contributed by atoms with Crippen molar-refractivity contribution in [2.24, 2.45) is 0 Å². The van der Waals surface area contributed by atoms with E-state index >= 15 is 0 Å². The van der Waals surface area contributed by atoms with E-state index in [1.165, 1.54) is 0 Å². The van der Waals surface area contributed by atoms with Crippen molar-refractivity contribution in [3.63, 3.8) is 0 Å². The van der Waals surface area contributed by atoms with E-state index in [2.05, 4.69) is 20.8 Å². The SMILES string of the molecule is CCCCO.CCCCO.CCCCO.[Cl][Ta][Cl]. The van der Waals surface area contributed by atoms with Crippen LogP contribution in [0.5, 0.6) is 0 Å². The molecule has 0 radical (unpaired) electrons. The maximum absolute atomic E-state index is 8.07. The Hall–Kier alpha value is 1.20. The van der Waals surface area contributed by atoms with Crippen molar-refractivity contribution in [2.45, 2.75) is 59.3 Å². The topological polar surface area (TPSA) is 60.7 Å². The van der Waals surface area contributed by atoms with Crippen LogP contribution in [0.1, 0.15) is 59.3 Å². The Morgan fingerprint density at radius 1 is 0.667 bits per heavy atom. The second-order valence-corrected chi connectivity index (χ2v) is 7.94. The van der Waals surface area contributed by atoms with E-state index in [9.17, 15) is 0 Å². The number of aliphatic hydroxyl groups excluding tert-OH is 3. The Kier molecular flexibility index (Phi) is 65.6. The summed E-state index contributed by atoms with van der Waals surface area (Å²) in [4.78, 5) is 0. The van der Waals surface area contributed by atoms with Gasteiger partial charge in [-0.05, 0) is 19.3 Å². The van der Waals surface area contributed by atoms with Crippen molar-refractivity contribution >= 4 is 18.4 Å². The standard InChI is InChI=1S/3C4H10O.2ClH.Ta/c3*1-2-3-4-5;;;/h3*5H,2-4H2,1H3;2*1H;/q;;;;;+2/p-2. The zero-order valence-electron chi connectivity index (χ0n) is 11.9. The Morgan fingerprint density at radius 3 is 0.833 bits per heavy atom. The molecule has 0 rings (SSSR count). The summed E-state index contributed by atoms with van der Waals surface area (Å²) in [6.45, 7) is 7.19. The van der Waals surface area contributed by atoms with Crippen molar-refractivity contribution in [2.75, 3.05) is 19.8 Å². The molecule has 3 nitrogen and oxygen atoms in total. The van der Waals surface area contributed by atoms with Gasteiger partial charge in [0.15, 0.2) is 0 Å². The molecule has 0 fully saturated rings. The number of rotatable bonds is 6. The molecular weight excluding hydrogens is 444 g/mol. The molecule has 0 aliphatic heterocycles. The fourth-order valence-electron chi connectivity index (χ4n) is 0.474. The molecule has 0 aromatic carbocycles.